The molecule has 0 heterocycles. The van der Waals surface area contributed by atoms with E-state index in [1.807, 2.05) is 44.2 Å². The van der Waals surface area contributed by atoms with Crippen LogP contribution in [0.3, 0.4) is 0 Å². The average Bonchev–Trinajstić information content (AvgIpc) is 2.56. The van der Waals surface area contributed by atoms with Crippen LogP contribution in [-0.2, 0) is 16.0 Å². The number of hydrogen-bond acceptors (Lipinski definition) is 2. The highest BCUT2D eigenvalue weighted by atomic mass is 35.5. The van der Waals surface area contributed by atoms with Crippen molar-refractivity contribution >= 4 is 29.1 Å². The van der Waals surface area contributed by atoms with Gasteiger partial charge in [0, 0.05) is 30.7 Å². The molecule has 1 N–H and O–H groups in total. The molecule has 0 aliphatic rings. The third-order valence-corrected chi connectivity index (χ3v) is 4.37. The fraction of sp³-hybridized carbons (Fsp3) is 0.300. The largest absolute Gasteiger partial charge is 0.354 e. The Morgan fingerprint density at radius 2 is 1.72 bits per heavy atom. The number of hydrogen-bond donors (Lipinski definition) is 1. The van der Waals surface area contributed by atoms with Gasteiger partial charge in [0.1, 0.15) is 0 Å². The predicted octanol–water partition coefficient (Wildman–Crippen LogP) is 3.67. The van der Waals surface area contributed by atoms with E-state index in [0.29, 0.717) is 24.5 Å². The van der Waals surface area contributed by atoms with Crippen molar-refractivity contribution in [3.63, 3.8) is 0 Å². The van der Waals surface area contributed by atoms with Gasteiger partial charge in [-0.15, -0.1) is 0 Å². The summed E-state index contributed by atoms with van der Waals surface area (Å²) in [6.45, 7) is 6.42. The Morgan fingerprint density at radius 3 is 2.32 bits per heavy atom. The Kier molecular flexibility index (Phi) is 6.59. The van der Waals surface area contributed by atoms with Gasteiger partial charge < -0.3 is 10.2 Å². The molecule has 0 unspecified atom stereocenters. The normalized spacial score (nSPS) is 10.4. The Morgan fingerprint density at radius 1 is 1.04 bits per heavy atom. The SMILES string of the molecule is CC(=O)N(CCNC(=O)Cc1ccc(Cl)cc1)c1ccc(C)c(C)c1. The maximum absolute atomic E-state index is 12.0. The molecule has 0 radical (unpaired) electrons. The molecule has 25 heavy (non-hydrogen) atoms. The Hall–Kier alpha value is -2.33. The number of rotatable bonds is 6. The zero-order chi connectivity index (χ0) is 18.4. The number of carbonyl (C=O) groups excluding carboxylic acids is 2. The summed E-state index contributed by atoms with van der Waals surface area (Å²) in [6, 6.07) is 13.1. The summed E-state index contributed by atoms with van der Waals surface area (Å²) >= 11 is 5.84. The number of aryl methyl sites for hydroxylation is 2. The molecule has 0 fully saturated rings. The minimum Gasteiger partial charge on any atom is -0.354 e. The standard InChI is InChI=1S/C20H23ClN2O2/c1-14-4-9-19(12-15(14)2)23(16(3)24)11-10-22-20(25)13-17-5-7-18(21)8-6-17/h4-9,12H,10-11,13H2,1-3H3,(H,22,25). The van der Waals surface area contributed by atoms with Crippen molar-refractivity contribution in [2.24, 2.45) is 0 Å². The van der Waals surface area contributed by atoms with Gasteiger partial charge in [-0.05, 0) is 54.8 Å². The highest BCUT2D eigenvalue weighted by Crippen LogP contribution is 2.18. The molecule has 0 spiro atoms. The van der Waals surface area contributed by atoms with Crippen molar-refractivity contribution in [2.75, 3.05) is 18.0 Å². The predicted molar refractivity (Wildman–Crippen MR) is 102 cm³/mol. The molecule has 0 saturated carbocycles. The van der Waals surface area contributed by atoms with E-state index in [0.717, 1.165) is 16.8 Å². The molecule has 0 aliphatic heterocycles. The van der Waals surface area contributed by atoms with Crippen molar-refractivity contribution in [3.8, 4) is 0 Å². The van der Waals surface area contributed by atoms with Crippen LogP contribution in [0.5, 0.6) is 0 Å². The molecule has 2 amide bonds. The zero-order valence-electron chi connectivity index (χ0n) is 14.8. The molecule has 0 aliphatic carbocycles. The Bertz CT molecular complexity index is 757. The lowest BCUT2D eigenvalue weighted by molar-refractivity contribution is -0.121. The monoisotopic (exact) mass is 358 g/mol. The first-order chi connectivity index (χ1) is 11.9. The van der Waals surface area contributed by atoms with Gasteiger partial charge in [0.2, 0.25) is 11.8 Å². The third-order valence-electron chi connectivity index (χ3n) is 4.12. The van der Waals surface area contributed by atoms with Crippen LogP contribution in [0.15, 0.2) is 42.5 Å². The lowest BCUT2D eigenvalue weighted by atomic mass is 10.1. The number of amides is 2. The van der Waals surface area contributed by atoms with E-state index >= 15 is 0 Å². The van der Waals surface area contributed by atoms with Crippen LogP contribution in [0.1, 0.15) is 23.6 Å². The van der Waals surface area contributed by atoms with Crippen LogP contribution in [0.25, 0.3) is 0 Å². The van der Waals surface area contributed by atoms with Gasteiger partial charge >= 0.3 is 0 Å². The molecule has 132 valence electrons. The molecule has 5 heteroatoms. The Labute approximate surface area is 153 Å². The van der Waals surface area contributed by atoms with E-state index in [4.69, 9.17) is 11.6 Å². The van der Waals surface area contributed by atoms with Gasteiger partial charge in [0.25, 0.3) is 0 Å². The molecule has 2 aromatic rings. The summed E-state index contributed by atoms with van der Waals surface area (Å²) in [5, 5.41) is 3.51. The van der Waals surface area contributed by atoms with Gasteiger partial charge in [-0.2, -0.15) is 0 Å². The van der Waals surface area contributed by atoms with E-state index in [-0.39, 0.29) is 11.8 Å². The van der Waals surface area contributed by atoms with E-state index in [9.17, 15) is 9.59 Å². The molecule has 0 saturated heterocycles. The van der Waals surface area contributed by atoms with Crippen LogP contribution < -0.4 is 10.2 Å². The first-order valence-electron chi connectivity index (χ1n) is 8.23. The number of nitrogens with zero attached hydrogens (tertiary/aromatic N) is 1. The van der Waals surface area contributed by atoms with Crippen LogP contribution in [0.4, 0.5) is 5.69 Å². The fourth-order valence-corrected chi connectivity index (χ4v) is 2.65. The maximum Gasteiger partial charge on any atom is 0.224 e. The molecule has 2 aromatic carbocycles. The zero-order valence-corrected chi connectivity index (χ0v) is 15.6. The second kappa shape index (κ2) is 8.67. The van der Waals surface area contributed by atoms with Crippen molar-refractivity contribution in [1.82, 2.24) is 5.32 Å². The summed E-state index contributed by atoms with van der Waals surface area (Å²) in [4.78, 5) is 25.7. The number of carbonyl (C=O) groups is 2. The lowest BCUT2D eigenvalue weighted by Crippen LogP contribution is -2.38. The van der Waals surface area contributed by atoms with Gasteiger partial charge in [0.05, 0.1) is 6.42 Å². The Balaban J connectivity index is 1.90. The molecule has 2 rings (SSSR count). The highest BCUT2D eigenvalue weighted by Gasteiger charge is 2.12. The van der Waals surface area contributed by atoms with Crippen LogP contribution in [0.2, 0.25) is 5.02 Å². The van der Waals surface area contributed by atoms with Crippen LogP contribution in [-0.4, -0.2) is 24.9 Å². The number of nitrogens with one attached hydrogen (secondary N) is 1. The molecule has 0 bridgehead atoms. The van der Waals surface area contributed by atoms with Crippen molar-refractivity contribution in [3.05, 3.63) is 64.2 Å². The molecular weight excluding hydrogens is 336 g/mol. The second-order valence-electron chi connectivity index (χ2n) is 6.09. The number of anilines is 1. The van der Waals surface area contributed by atoms with E-state index in [1.54, 1.807) is 17.0 Å². The minimum atomic E-state index is -0.0779. The first kappa shape index (κ1) is 19.0. The van der Waals surface area contributed by atoms with E-state index in [2.05, 4.69) is 5.32 Å². The smallest absolute Gasteiger partial charge is 0.224 e. The minimum absolute atomic E-state index is 0.0461. The van der Waals surface area contributed by atoms with Crippen molar-refractivity contribution in [2.45, 2.75) is 27.2 Å². The van der Waals surface area contributed by atoms with Crippen LogP contribution >= 0.6 is 11.6 Å². The summed E-state index contributed by atoms with van der Waals surface area (Å²) in [6.07, 6.45) is 0.293. The van der Waals surface area contributed by atoms with Crippen molar-refractivity contribution in [1.29, 1.82) is 0 Å². The van der Waals surface area contributed by atoms with E-state index < -0.39 is 0 Å². The summed E-state index contributed by atoms with van der Waals surface area (Å²) in [7, 11) is 0. The summed E-state index contributed by atoms with van der Waals surface area (Å²) in [5.41, 5.74) is 4.07. The van der Waals surface area contributed by atoms with Gasteiger partial charge in [-0.25, -0.2) is 0 Å². The van der Waals surface area contributed by atoms with Crippen molar-refractivity contribution < 1.29 is 9.59 Å². The average molecular weight is 359 g/mol. The molecular formula is C20H23ClN2O2. The molecule has 0 aromatic heterocycles. The third kappa shape index (κ3) is 5.61. The topological polar surface area (TPSA) is 49.4 Å². The van der Waals surface area contributed by atoms with Gasteiger partial charge in [0.15, 0.2) is 0 Å². The van der Waals surface area contributed by atoms with Crippen LogP contribution in [0, 0.1) is 13.8 Å². The molecule has 4 nitrogen and oxygen atoms in total. The fourth-order valence-electron chi connectivity index (χ4n) is 2.52. The first-order valence-corrected chi connectivity index (χ1v) is 8.61. The summed E-state index contributed by atoms with van der Waals surface area (Å²) in [5.74, 6) is -0.124. The molecule has 0 atom stereocenters. The van der Waals surface area contributed by atoms with Gasteiger partial charge in [-0.1, -0.05) is 29.8 Å². The van der Waals surface area contributed by atoms with Gasteiger partial charge in [-0.3, -0.25) is 9.59 Å². The number of halogens is 1. The highest BCUT2D eigenvalue weighted by molar-refractivity contribution is 6.30. The second-order valence-corrected chi connectivity index (χ2v) is 6.53. The number of benzene rings is 2. The summed E-state index contributed by atoms with van der Waals surface area (Å²) < 4.78 is 0. The van der Waals surface area contributed by atoms with E-state index in [1.165, 1.54) is 12.5 Å². The quantitative estimate of drug-likeness (QED) is 0.856. The maximum atomic E-state index is 12.0. The lowest BCUT2D eigenvalue weighted by Gasteiger charge is -2.22.